The molecule has 1 aromatic carbocycles. The molecule has 0 spiro atoms. The Hall–Kier alpha value is -0.860. The summed E-state index contributed by atoms with van der Waals surface area (Å²) in [6.45, 7) is 2.13. The molecule has 5 nitrogen and oxygen atoms in total. The lowest BCUT2D eigenvalue weighted by atomic mass is 10.0. The van der Waals surface area contributed by atoms with Crippen LogP contribution in [0.3, 0.4) is 0 Å². The molecular weight excluding hydrogens is 397 g/mol. The zero-order valence-electron chi connectivity index (χ0n) is 12.9. The summed E-state index contributed by atoms with van der Waals surface area (Å²) in [5.41, 5.74) is 1.01. The maximum absolute atomic E-state index is 11.9. The molecule has 0 aromatic heterocycles. The van der Waals surface area contributed by atoms with Crippen LogP contribution >= 0.6 is 22.6 Å². The molecule has 1 N–H and O–H groups in total. The third-order valence-electron chi connectivity index (χ3n) is 3.47. The van der Waals surface area contributed by atoms with E-state index in [0.29, 0.717) is 6.42 Å². The Morgan fingerprint density at radius 2 is 2.14 bits per heavy atom. The Morgan fingerprint density at radius 1 is 1.41 bits per heavy atom. The van der Waals surface area contributed by atoms with Crippen LogP contribution < -0.4 is 5.32 Å². The first-order chi connectivity index (χ1) is 10.7. The number of hydrogen-bond donors (Lipinski definition) is 1. The van der Waals surface area contributed by atoms with Crippen LogP contribution in [0.4, 0.5) is 4.79 Å². The summed E-state index contributed by atoms with van der Waals surface area (Å²) in [5.74, 6) is 0. The highest BCUT2D eigenvalue weighted by Gasteiger charge is 2.30. The van der Waals surface area contributed by atoms with Crippen molar-refractivity contribution >= 4 is 28.7 Å². The van der Waals surface area contributed by atoms with Gasteiger partial charge in [0.2, 0.25) is 0 Å². The molecule has 1 aliphatic carbocycles. The third kappa shape index (κ3) is 5.10. The average molecular weight is 419 g/mol. The third-order valence-corrected chi connectivity index (χ3v) is 4.46. The molecule has 0 bridgehead atoms. The first kappa shape index (κ1) is 17.5. The van der Waals surface area contributed by atoms with Gasteiger partial charge in [-0.25, -0.2) is 4.79 Å². The fourth-order valence-electron chi connectivity index (χ4n) is 2.17. The van der Waals surface area contributed by atoms with E-state index in [-0.39, 0.29) is 31.1 Å². The summed E-state index contributed by atoms with van der Waals surface area (Å²) in [4.78, 5) is 11.9. The molecule has 0 aliphatic heterocycles. The number of amides is 1. The van der Waals surface area contributed by atoms with Crippen molar-refractivity contribution in [3.05, 3.63) is 33.4 Å². The van der Waals surface area contributed by atoms with Crippen molar-refractivity contribution in [1.29, 1.82) is 0 Å². The number of alkyl carbamates (subject to hydrolysis) is 1. The molecule has 1 amide bonds. The van der Waals surface area contributed by atoms with Crippen LogP contribution in [0.25, 0.3) is 0 Å². The summed E-state index contributed by atoms with van der Waals surface area (Å²) in [6, 6.07) is 8.21. The standard InChI is InChI=1S/C16H22INO4/c1-3-14(22-16(19)18-11-8-9-11)15(21-10-20-2)12-6-4-5-7-13(12)17/h4-7,11,14-15H,3,8-10H2,1-2H3,(H,18,19)/t14-,15-/m0/s1. The van der Waals surface area contributed by atoms with Gasteiger partial charge in [-0.05, 0) is 53.5 Å². The van der Waals surface area contributed by atoms with E-state index < -0.39 is 0 Å². The van der Waals surface area contributed by atoms with E-state index in [9.17, 15) is 4.79 Å². The Bertz CT molecular complexity index is 493. The van der Waals surface area contributed by atoms with Crippen molar-refractivity contribution < 1.29 is 19.0 Å². The second kappa shape index (κ2) is 8.69. The van der Waals surface area contributed by atoms with Gasteiger partial charge in [0.1, 0.15) is 19.0 Å². The van der Waals surface area contributed by atoms with Gasteiger partial charge in [0, 0.05) is 16.7 Å². The smallest absolute Gasteiger partial charge is 0.407 e. The van der Waals surface area contributed by atoms with Gasteiger partial charge in [-0.2, -0.15) is 0 Å². The quantitative estimate of drug-likeness (QED) is 0.517. The normalized spacial score (nSPS) is 16.9. The second-order valence-corrected chi connectivity index (χ2v) is 6.45. The van der Waals surface area contributed by atoms with E-state index in [4.69, 9.17) is 14.2 Å². The van der Waals surface area contributed by atoms with Gasteiger partial charge in [0.05, 0.1) is 0 Å². The summed E-state index contributed by atoms with van der Waals surface area (Å²) in [6.07, 6.45) is 1.66. The monoisotopic (exact) mass is 419 g/mol. The van der Waals surface area contributed by atoms with Gasteiger partial charge >= 0.3 is 6.09 Å². The minimum atomic E-state index is -0.369. The molecule has 1 aliphatic rings. The number of hydrogen-bond acceptors (Lipinski definition) is 4. The van der Waals surface area contributed by atoms with E-state index in [2.05, 4.69) is 27.9 Å². The predicted octanol–water partition coefficient (Wildman–Crippen LogP) is 3.62. The molecule has 122 valence electrons. The zero-order chi connectivity index (χ0) is 15.9. The van der Waals surface area contributed by atoms with Gasteiger partial charge in [-0.1, -0.05) is 25.1 Å². The van der Waals surface area contributed by atoms with Gasteiger partial charge in [-0.3, -0.25) is 0 Å². The summed E-state index contributed by atoms with van der Waals surface area (Å²) >= 11 is 2.26. The van der Waals surface area contributed by atoms with Crippen LogP contribution in [0.15, 0.2) is 24.3 Å². The van der Waals surface area contributed by atoms with E-state index in [1.807, 2.05) is 31.2 Å². The lowest BCUT2D eigenvalue weighted by Crippen LogP contribution is -2.34. The molecule has 22 heavy (non-hydrogen) atoms. The summed E-state index contributed by atoms with van der Waals surface area (Å²) in [5, 5.41) is 2.85. The molecular formula is C16H22INO4. The second-order valence-electron chi connectivity index (χ2n) is 5.29. The summed E-state index contributed by atoms with van der Waals surface area (Å²) < 4.78 is 17.5. The lowest BCUT2D eigenvalue weighted by molar-refractivity contribution is -0.117. The molecule has 0 saturated heterocycles. The SMILES string of the molecule is CC[C@H](OC(=O)NC1CC1)[C@@H](OCOC)c1ccccc1I. The number of ether oxygens (including phenoxy) is 3. The highest BCUT2D eigenvalue weighted by Crippen LogP contribution is 2.29. The van der Waals surface area contributed by atoms with Gasteiger partial charge in [0.25, 0.3) is 0 Å². The van der Waals surface area contributed by atoms with Crippen molar-refractivity contribution in [3.8, 4) is 0 Å². The van der Waals surface area contributed by atoms with Crippen LogP contribution in [0.5, 0.6) is 0 Å². The fraction of sp³-hybridized carbons (Fsp3) is 0.562. The van der Waals surface area contributed by atoms with Crippen molar-refractivity contribution in [2.24, 2.45) is 0 Å². The first-order valence-corrected chi connectivity index (χ1v) is 8.55. The number of rotatable bonds is 8. The molecule has 2 rings (SSSR count). The maximum Gasteiger partial charge on any atom is 0.407 e. The number of halogens is 1. The lowest BCUT2D eigenvalue weighted by Gasteiger charge is -2.27. The highest BCUT2D eigenvalue weighted by atomic mass is 127. The van der Waals surface area contributed by atoms with Crippen LogP contribution in [-0.4, -0.2) is 32.1 Å². The van der Waals surface area contributed by atoms with Crippen molar-refractivity contribution in [3.63, 3.8) is 0 Å². The van der Waals surface area contributed by atoms with Crippen molar-refractivity contribution in [2.75, 3.05) is 13.9 Å². The van der Waals surface area contributed by atoms with E-state index in [0.717, 1.165) is 22.0 Å². The van der Waals surface area contributed by atoms with Gasteiger partial charge in [0.15, 0.2) is 0 Å². The number of carbonyl (C=O) groups excluding carboxylic acids is 1. The Balaban J connectivity index is 2.10. The Morgan fingerprint density at radius 3 is 2.73 bits per heavy atom. The molecule has 0 radical (unpaired) electrons. The zero-order valence-corrected chi connectivity index (χ0v) is 15.0. The minimum Gasteiger partial charge on any atom is -0.443 e. The van der Waals surface area contributed by atoms with Crippen molar-refractivity contribution in [2.45, 2.75) is 44.4 Å². The highest BCUT2D eigenvalue weighted by molar-refractivity contribution is 14.1. The molecule has 1 aromatic rings. The van der Waals surface area contributed by atoms with E-state index in [1.54, 1.807) is 7.11 Å². The first-order valence-electron chi connectivity index (χ1n) is 7.47. The Kier molecular flexibility index (Phi) is 6.91. The average Bonchev–Trinajstić information content (AvgIpc) is 3.31. The molecule has 0 heterocycles. The van der Waals surface area contributed by atoms with Crippen LogP contribution in [0.1, 0.15) is 37.9 Å². The van der Waals surface area contributed by atoms with Crippen LogP contribution in [0.2, 0.25) is 0 Å². The number of benzene rings is 1. The molecule has 1 saturated carbocycles. The Labute approximate surface area is 144 Å². The minimum absolute atomic E-state index is 0.153. The predicted molar refractivity (Wildman–Crippen MR) is 91.6 cm³/mol. The largest absolute Gasteiger partial charge is 0.443 e. The van der Waals surface area contributed by atoms with E-state index in [1.165, 1.54) is 0 Å². The topological polar surface area (TPSA) is 56.8 Å². The molecule has 2 atom stereocenters. The van der Waals surface area contributed by atoms with Gasteiger partial charge in [-0.15, -0.1) is 0 Å². The molecule has 0 unspecified atom stereocenters. The number of methoxy groups -OCH3 is 1. The van der Waals surface area contributed by atoms with E-state index >= 15 is 0 Å². The fourth-order valence-corrected chi connectivity index (χ4v) is 2.86. The summed E-state index contributed by atoms with van der Waals surface area (Å²) in [7, 11) is 1.58. The molecule has 6 heteroatoms. The van der Waals surface area contributed by atoms with Crippen molar-refractivity contribution in [1.82, 2.24) is 5.32 Å². The maximum atomic E-state index is 11.9. The number of nitrogens with one attached hydrogen (secondary N) is 1. The molecule has 1 fully saturated rings. The van der Waals surface area contributed by atoms with Crippen LogP contribution in [0, 0.1) is 3.57 Å². The number of carbonyl (C=O) groups is 1. The van der Waals surface area contributed by atoms with Crippen LogP contribution in [-0.2, 0) is 14.2 Å². The van der Waals surface area contributed by atoms with Gasteiger partial charge < -0.3 is 19.5 Å².